The largest absolute Gasteiger partial charge is 0.368 e. The molecule has 0 bridgehead atoms. The van der Waals surface area contributed by atoms with Crippen molar-refractivity contribution in [1.29, 1.82) is 0 Å². The van der Waals surface area contributed by atoms with E-state index in [4.69, 9.17) is 11.5 Å². The Morgan fingerprint density at radius 1 is 1.86 bits per heavy atom. The molecule has 4 N–H and O–H groups in total. The molecule has 0 aromatic heterocycles. The summed E-state index contributed by atoms with van der Waals surface area (Å²) in [6, 6.07) is -0.694. The van der Waals surface area contributed by atoms with Crippen LogP contribution >= 0.6 is 0 Å². The predicted molar refractivity (Wildman–Crippen MR) is 27.4 cm³/mol. The van der Waals surface area contributed by atoms with E-state index in [1.165, 1.54) is 6.08 Å². The topological polar surface area (TPSA) is 69.1 Å². The summed E-state index contributed by atoms with van der Waals surface area (Å²) in [5.74, 6) is -0.546. The second-order valence-electron chi connectivity index (χ2n) is 1.16. The van der Waals surface area contributed by atoms with E-state index in [0.717, 1.165) is 0 Å². The number of primary amides is 1. The van der Waals surface area contributed by atoms with Crippen molar-refractivity contribution in [3.63, 3.8) is 0 Å². The van der Waals surface area contributed by atoms with Crippen LogP contribution in [0.15, 0.2) is 12.7 Å². The zero-order chi connectivity index (χ0) is 5.86. The van der Waals surface area contributed by atoms with Crippen molar-refractivity contribution in [3.05, 3.63) is 12.7 Å². The van der Waals surface area contributed by atoms with Crippen molar-refractivity contribution in [2.75, 3.05) is 0 Å². The normalized spacial score (nSPS) is 12.7. The van der Waals surface area contributed by atoms with Crippen LogP contribution in [0, 0.1) is 0 Å². The number of amides is 1. The average molecular weight is 100 g/mol. The van der Waals surface area contributed by atoms with E-state index < -0.39 is 11.9 Å². The van der Waals surface area contributed by atoms with E-state index in [-0.39, 0.29) is 0 Å². The molecule has 0 radical (unpaired) electrons. The third-order valence-electron chi connectivity index (χ3n) is 0.582. The summed E-state index contributed by atoms with van der Waals surface area (Å²) < 4.78 is 0. The first-order chi connectivity index (χ1) is 3.18. The average Bonchev–Trinajstić information content (AvgIpc) is 1.65. The minimum absolute atomic E-state index is 0.546. The van der Waals surface area contributed by atoms with Gasteiger partial charge in [0.25, 0.3) is 0 Å². The first kappa shape index (κ1) is 6.17. The highest BCUT2D eigenvalue weighted by Crippen LogP contribution is 1.71. The van der Waals surface area contributed by atoms with E-state index in [0.29, 0.717) is 0 Å². The molecule has 0 aromatic carbocycles. The van der Waals surface area contributed by atoms with Crippen molar-refractivity contribution in [2.24, 2.45) is 11.5 Å². The molecule has 1 atom stereocenters. The Bertz CT molecular complexity index is 89.7. The van der Waals surface area contributed by atoms with Gasteiger partial charge < -0.3 is 11.5 Å². The summed E-state index contributed by atoms with van der Waals surface area (Å²) >= 11 is 0. The van der Waals surface area contributed by atoms with Crippen molar-refractivity contribution in [2.45, 2.75) is 6.04 Å². The minimum atomic E-state index is -0.694. The van der Waals surface area contributed by atoms with Crippen molar-refractivity contribution in [3.8, 4) is 0 Å². The zero-order valence-corrected chi connectivity index (χ0v) is 3.92. The molecule has 3 heteroatoms. The van der Waals surface area contributed by atoms with E-state index in [1.54, 1.807) is 0 Å². The van der Waals surface area contributed by atoms with Gasteiger partial charge in [-0.25, -0.2) is 0 Å². The first-order valence-electron chi connectivity index (χ1n) is 1.86. The molecule has 0 aliphatic rings. The van der Waals surface area contributed by atoms with E-state index in [1.807, 2.05) is 0 Å². The van der Waals surface area contributed by atoms with Crippen LogP contribution in [0.2, 0.25) is 0 Å². The van der Waals surface area contributed by atoms with Crippen LogP contribution in [0.3, 0.4) is 0 Å². The Kier molecular flexibility index (Phi) is 2.08. The number of carbonyl (C=O) groups excluding carboxylic acids is 1. The van der Waals surface area contributed by atoms with Gasteiger partial charge in [0, 0.05) is 0 Å². The molecule has 1 amide bonds. The SMILES string of the molecule is C=C[C@H](N)C(N)=O. The number of hydrogen-bond acceptors (Lipinski definition) is 2. The van der Waals surface area contributed by atoms with Crippen LogP contribution in [0.4, 0.5) is 0 Å². The fraction of sp³-hybridized carbons (Fsp3) is 0.250. The molecule has 40 valence electrons. The third kappa shape index (κ3) is 1.94. The van der Waals surface area contributed by atoms with E-state index in [2.05, 4.69) is 6.58 Å². The van der Waals surface area contributed by atoms with Gasteiger partial charge in [-0.3, -0.25) is 4.79 Å². The zero-order valence-electron chi connectivity index (χ0n) is 3.92. The molecule has 0 unspecified atom stereocenters. The van der Waals surface area contributed by atoms with Crippen molar-refractivity contribution in [1.82, 2.24) is 0 Å². The second-order valence-corrected chi connectivity index (χ2v) is 1.16. The Balaban J connectivity index is 3.55. The summed E-state index contributed by atoms with van der Waals surface area (Å²) in [5.41, 5.74) is 9.73. The lowest BCUT2D eigenvalue weighted by Crippen LogP contribution is -2.34. The molecule has 0 aliphatic heterocycles. The number of rotatable bonds is 2. The summed E-state index contributed by atoms with van der Waals surface area (Å²) in [6.07, 6.45) is 1.29. The quantitative estimate of drug-likeness (QED) is 0.436. The number of carbonyl (C=O) groups is 1. The monoisotopic (exact) mass is 100 g/mol. The molecule has 0 saturated heterocycles. The van der Waals surface area contributed by atoms with Crippen LogP contribution < -0.4 is 11.5 Å². The standard InChI is InChI=1S/C4H8N2O/c1-2-3(5)4(6)7/h2-3H,1,5H2,(H2,6,7)/t3-/m0/s1. The fourth-order valence-corrected chi connectivity index (χ4v) is 0.116. The lowest BCUT2D eigenvalue weighted by atomic mass is 10.3. The smallest absolute Gasteiger partial charge is 0.238 e. The second kappa shape index (κ2) is 2.36. The Morgan fingerprint density at radius 2 is 2.29 bits per heavy atom. The lowest BCUT2D eigenvalue weighted by molar-refractivity contribution is -0.118. The maximum Gasteiger partial charge on any atom is 0.238 e. The highest BCUT2D eigenvalue weighted by molar-refractivity contribution is 5.81. The number of nitrogens with two attached hydrogens (primary N) is 2. The van der Waals surface area contributed by atoms with Gasteiger partial charge >= 0.3 is 0 Å². The van der Waals surface area contributed by atoms with Gasteiger partial charge in [-0.2, -0.15) is 0 Å². The first-order valence-corrected chi connectivity index (χ1v) is 1.86. The van der Waals surface area contributed by atoms with E-state index in [9.17, 15) is 4.79 Å². The van der Waals surface area contributed by atoms with Crippen LogP contribution in [0.25, 0.3) is 0 Å². The van der Waals surface area contributed by atoms with Gasteiger partial charge in [0.05, 0.1) is 0 Å². The molecule has 7 heavy (non-hydrogen) atoms. The molecule has 0 fully saturated rings. The fourth-order valence-electron chi connectivity index (χ4n) is 0.116. The molecule has 3 nitrogen and oxygen atoms in total. The molecule has 0 aromatic rings. The Labute approximate surface area is 42.0 Å². The Morgan fingerprint density at radius 3 is 2.29 bits per heavy atom. The minimum Gasteiger partial charge on any atom is -0.368 e. The van der Waals surface area contributed by atoms with Crippen molar-refractivity contribution >= 4 is 5.91 Å². The van der Waals surface area contributed by atoms with Gasteiger partial charge in [0.1, 0.15) is 6.04 Å². The molecular formula is C4H8N2O. The van der Waals surface area contributed by atoms with Crippen LogP contribution in [0.5, 0.6) is 0 Å². The molecule has 0 rings (SSSR count). The lowest BCUT2D eigenvalue weighted by Gasteiger charge is -1.94. The van der Waals surface area contributed by atoms with Gasteiger partial charge in [-0.1, -0.05) is 6.08 Å². The molecule has 0 aliphatic carbocycles. The van der Waals surface area contributed by atoms with Crippen LogP contribution in [0.1, 0.15) is 0 Å². The van der Waals surface area contributed by atoms with Gasteiger partial charge in [-0.15, -0.1) is 6.58 Å². The van der Waals surface area contributed by atoms with Gasteiger partial charge in [0.15, 0.2) is 0 Å². The third-order valence-corrected chi connectivity index (χ3v) is 0.582. The van der Waals surface area contributed by atoms with Crippen LogP contribution in [-0.2, 0) is 4.79 Å². The molecular weight excluding hydrogens is 92.1 g/mol. The molecule has 0 spiro atoms. The van der Waals surface area contributed by atoms with Gasteiger partial charge in [0.2, 0.25) is 5.91 Å². The van der Waals surface area contributed by atoms with Gasteiger partial charge in [-0.05, 0) is 0 Å². The Hall–Kier alpha value is -0.830. The maximum atomic E-state index is 9.96. The predicted octanol–water partition coefficient (Wildman–Crippen LogP) is -1.02. The van der Waals surface area contributed by atoms with Crippen molar-refractivity contribution < 1.29 is 4.79 Å². The van der Waals surface area contributed by atoms with Crippen LogP contribution in [-0.4, -0.2) is 11.9 Å². The van der Waals surface area contributed by atoms with E-state index >= 15 is 0 Å². The summed E-state index contributed by atoms with van der Waals surface area (Å²) in [7, 11) is 0. The highest BCUT2D eigenvalue weighted by atomic mass is 16.1. The maximum absolute atomic E-state index is 9.96. The highest BCUT2D eigenvalue weighted by Gasteiger charge is 1.99. The summed E-state index contributed by atoms with van der Waals surface area (Å²) in [5, 5.41) is 0. The summed E-state index contributed by atoms with van der Waals surface area (Å²) in [4.78, 5) is 9.96. The molecule has 0 heterocycles. The molecule has 0 saturated carbocycles. The summed E-state index contributed by atoms with van der Waals surface area (Å²) in [6.45, 7) is 3.26. The number of hydrogen-bond donors (Lipinski definition) is 2.